The lowest BCUT2D eigenvalue weighted by Gasteiger charge is -2.06. The van der Waals surface area contributed by atoms with Crippen molar-refractivity contribution < 1.29 is 4.52 Å². The van der Waals surface area contributed by atoms with Gasteiger partial charge in [-0.25, -0.2) is 0 Å². The quantitative estimate of drug-likeness (QED) is 0.357. The summed E-state index contributed by atoms with van der Waals surface area (Å²) in [5, 5.41) is 4.53. The van der Waals surface area contributed by atoms with E-state index in [1.54, 1.807) is 0 Å². The molecule has 0 saturated carbocycles. The molecule has 0 atom stereocenters. The number of aryl methyl sites for hydroxylation is 2. The Labute approximate surface area is 124 Å². The normalized spacial score (nSPS) is 11.8. The zero-order chi connectivity index (χ0) is 13.9. The van der Waals surface area contributed by atoms with Crippen molar-refractivity contribution in [1.29, 1.82) is 0 Å². The third kappa shape index (κ3) is 1.45. The molecular formula is C16H13BrN3+. The number of fused-ring (bicyclic) bond motifs is 6. The second-order valence-electron chi connectivity index (χ2n) is 5.12. The van der Waals surface area contributed by atoms with Gasteiger partial charge in [-0.2, -0.15) is 0 Å². The summed E-state index contributed by atoms with van der Waals surface area (Å²) in [6, 6.07) is 12.7. The maximum absolute atomic E-state index is 4.53. The largest absolute Gasteiger partial charge is 0.292 e. The third-order valence-electron chi connectivity index (χ3n) is 3.91. The van der Waals surface area contributed by atoms with Crippen LogP contribution in [0.4, 0.5) is 0 Å². The molecule has 4 heteroatoms. The Morgan fingerprint density at radius 3 is 2.65 bits per heavy atom. The molecule has 3 nitrogen and oxygen atoms in total. The van der Waals surface area contributed by atoms with E-state index in [0.29, 0.717) is 0 Å². The average Bonchev–Trinajstić information content (AvgIpc) is 2.84. The highest BCUT2D eigenvalue weighted by Crippen LogP contribution is 2.25. The lowest BCUT2D eigenvalue weighted by Crippen LogP contribution is -2.28. The van der Waals surface area contributed by atoms with Crippen LogP contribution in [0.1, 0.15) is 11.1 Å². The molecule has 0 fully saturated rings. The molecule has 3 heterocycles. The number of aromatic nitrogens is 3. The molecule has 0 N–H and O–H groups in total. The summed E-state index contributed by atoms with van der Waals surface area (Å²) in [5.41, 5.74) is 7.11. The number of nitrogens with zero attached hydrogens (tertiary/aromatic N) is 3. The maximum Gasteiger partial charge on any atom is 0.262 e. The second-order valence-corrected chi connectivity index (χ2v) is 5.94. The van der Waals surface area contributed by atoms with Gasteiger partial charge in [-0.3, -0.25) is 4.40 Å². The van der Waals surface area contributed by atoms with Gasteiger partial charge < -0.3 is 0 Å². The van der Waals surface area contributed by atoms with Crippen molar-refractivity contribution in [3.05, 3.63) is 58.3 Å². The summed E-state index contributed by atoms with van der Waals surface area (Å²) in [6.07, 6.45) is 1.83. The van der Waals surface area contributed by atoms with E-state index in [1.807, 2.05) is 16.8 Å². The topological polar surface area (TPSA) is 21.4 Å². The Kier molecular flexibility index (Phi) is 2.39. The van der Waals surface area contributed by atoms with E-state index in [4.69, 9.17) is 0 Å². The Morgan fingerprint density at radius 1 is 1.00 bits per heavy atom. The van der Waals surface area contributed by atoms with Crippen molar-refractivity contribution in [3.63, 3.8) is 0 Å². The number of rotatable bonds is 0. The van der Waals surface area contributed by atoms with Crippen molar-refractivity contribution >= 4 is 38.0 Å². The predicted molar refractivity (Wildman–Crippen MR) is 83.0 cm³/mol. The van der Waals surface area contributed by atoms with Gasteiger partial charge in [-0.15, -0.1) is 0 Å². The molecule has 4 aromatic rings. The molecule has 0 aliphatic carbocycles. The van der Waals surface area contributed by atoms with Crippen LogP contribution in [0.15, 0.2) is 47.2 Å². The number of halogens is 1. The molecule has 3 aromatic heterocycles. The summed E-state index contributed by atoms with van der Waals surface area (Å²) in [5.74, 6) is 0. The lowest BCUT2D eigenvalue weighted by atomic mass is 10.1. The summed E-state index contributed by atoms with van der Waals surface area (Å²) < 4.78 is 5.31. The molecule has 0 radical (unpaired) electrons. The van der Waals surface area contributed by atoms with Crippen LogP contribution in [0.5, 0.6) is 0 Å². The molecule has 0 aliphatic heterocycles. The molecule has 0 bridgehead atoms. The summed E-state index contributed by atoms with van der Waals surface area (Å²) in [4.78, 5) is 0. The Hall–Kier alpha value is -1.94. The van der Waals surface area contributed by atoms with Crippen LogP contribution < -0.4 is 4.52 Å². The predicted octanol–water partition coefficient (Wildman–Crippen LogP) is 3.61. The number of benzene rings is 1. The van der Waals surface area contributed by atoms with Gasteiger partial charge in [0.15, 0.2) is 0 Å². The highest BCUT2D eigenvalue weighted by molar-refractivity contribution is 9.10. The smallest absolute Gasteiger partial charge is 0.262 e. The summed E-state index contributed by atoms with van der Waals surface area (Å²) in [7, 11) is 0. The van der Waals surface area contributed by atoms with Crippen LogP contribution in [0, 0.1) is 13.8 Å². The van der Waals surface area contributed by atoms with Gasteiger partial charge in [0.25, 0.3) is 11.0 Å². The third-order valence-corrected chi connectivity index (χ3v) is 4.53. The van der Waals surface area contributed by atoms with Crippen LogP contribution in [0.2, 0.25) is 0 Å². The highest BCUT2D eigenvalue weighted by Gasteiger charge is 2.19. The molecule has 0 saturated heterocycles. The van der Waals surface area contributed by atoms with E-state index < -0.39 is 0 Å². The van der Waals surface area contributed by atoms with E-state index in [1.165, 1.54) is 11.1 Å². The first-order valence-electron chi connectivity index (χ1n) is 6.54. The zero-order valence-electron chi connectivity index (χ0n) is 11.3. The Balaban J connectivity index is 2.43. The first-order chi connectivity index (χ1) is 9.66. The van der Waals surface area contributed by atoms with Crippen molar-refractivity contribution in [2.75, 3.05) is 0 Å². The van der Waals surface area contributed by atoms with Gasteiger partial charge in [0.1, 0.15) is 11.0 Å². The fourth-order valence-corrected chi connectivity index (χ4v) is 3.26. The Morgan fingerprint density at radius 2 is 1.80 bits per heavy atom. The van der Waals surface area contributed by atoms with Crippen LogP contribution in [-0.4, -0.2) is 9.50 Å². The molecule has 0 aliphatic rings. The lowest BCUT2D eigenvalue weighted by molar-refractivity contribution is -0.552. The van der Waals surface area contributed by atoms with Crippen LogP contribution in [0.25, 0.3) is 22.1 Å². The molecule has 20 heavy (non-hydrogen) atoms. The fraction of sp³-hybridized carbons (Fsp3) is 0.125. The first kappa shape index (κ1) is 11.9. The number of hydrogen-bond acceptors (Lipinski definition) is 1. The highest BCUT2D eigenvalue weighted by atomic mass is 79.9. The van der Waals surface area contributed by atoms with Crippen molar-refractivity contribution in [1.82, 2.24) is 9.50 Å². The fourth-order valence-electron chi connectivity index (χ4n) is 2.75. The van der Waals surface area contributed by atoms with Gasteiger partial charge in [0.2, 0.25) is 0 Å². The van der Waals surface area contributed by atoms with Gasteiger partial charge in [-0.05, 0) is 74.8 Å². The first-order valence-corrected chi connectivity index (χ1v) is 7.33. The van der Waals surface area contributed by atoms with E-state index in [-0.39, 0.29) is 0 Å². The SMILES string of the molecule is Cc1cc2c(cc1C)[n+]1ncccc1c1ccc(Br)n12. The minimum absolute atomic E-state index is 1.06. The van der Waals surface area contributed by atoms with E-state index in [9.17, 15) is 0 Å². The van der Waals surface area contributed by atoms with Gasteiger partial charge in [-0.1, -0.05) is 0 Å². The maximum atomic E-state index is 4.53. The minimum atomic E-state index is 1.06. The zero-order valence-corrected chi connectivity index (χ0v) is 12.8. The van der Waals surface area contributed by atoms with E-state index in [2.05, 4.69) is 69.6 Å². The molecule has 0 amide bonds. The molecule has 0 spiro atoms. The van der Waals surface area contributed by atoms with Crippen LogP contribution in [0.3, 0.4) is 0 Å². The number of hydrogen-bond donors (Lipinski definition) is 0. The second kappa shape index (κ2) is 4.03. The van der Waals surface area contributed by atoms with Gasteiger partial charge in [0, 0.05) is 12.1 Å². The molecule has 0 unspecified atom stereocenters. The standard InChI is InChI=1S/C16H13BrN3/c1-10-8-14-15(9-11(10)2)20-13(4-3-7-18-20)12-5-6-16(17)19(12)14/h3-9H,1-2H3/q+1. The molecule has 98 valence electrons. The van der Waals surface area contributed by atoms with Crippen molar-refractivity contribution in [2.45, 2.75) is 13.8 Å². The summed E-state index contributed by atoms with van der Waals surface area (Å²) in [6.45, 7) is 4.28. The summed E-state index contributed by atoms with van der Waals surface area (Å²) >= 11 is 3.65. The molecular weight excluding hydrogens is 314 g/mol. The van der Waals surface area contributed by atoms with Gasteiger partial charge >= 0.3 is 0 Å². The van der Waals surface area contributed by atoms with Crippen molar-refractivity contribution in [3.8, 4) is 0 Å². The minimum Gasteiger partial charge on any atom is -0.292 e. The van der Waals surface area contributed by atoms with E-state index in [0.717, 1.165) is 26.7 Å². The van der Waals surface area contributed by atoms with Crippen LogP contribution in [-0.2, 0) is 0 Å². The van der Waals surface area contributed by atoms with Crippen LogP contribution >= 0.6 is 15.9 Å². The molecule has 1 aromatic carbocycles. The van der Waals surface area contributed by atoms with Gasteiger partial charge in [0.05, 0.1) is 10.8 Å². The van der Waals surface area contributed by atoms with Crippen molar-refractivity contribution in [2.24, 2.45) is 0 Å². The molecule has 4 rings (SSSR count). The monoisotopic (exact) mass is 326 g/mol. The Bertz CT molecular complexity index is 985. The average molecular weight is 327 g/mol. The van der Waals surface area contributed by atoms with E-state index >= 15 is 0 Å².